The number of halogens is 1. The van der Waals surface area contributed by atoms with Crippen LogP contribution < -0.4 is 11.5 Å². The lowest BCUT2D eigenvalue weighted by Gasteiger charge is -1.97. The Bertz CT molecular complexity index is 362. The van der Waals surface area contributed by atoms with Gasteiger partial charge in [-0.05, 0) is 24.1 Å². The van der Waals surface area contributed by atoms with Crippen molar-refractivity contribution in [3.8, 4) is 0 Å². The fraction of sp³-hybridized carbons (Fsp3) is 0.100. The molecule has 0 bridgehead atoms. The minimum absolute atomic E-state index is 0.0519. The third-order valence-corrected chi connectivity index (χ3v) is 2.00. The lowest BCUT2D eigenvalue weighted by atomic mass is 10.1. The number of allylic oxidation sites excluding steroid dienone is 7. The number of nitrogens with two attached hydrogens (primary N) is 2. The summed E-state index contributed by atoms with van der Waals surface area (Å²) in [5, 5.41) is 0.669. The Morgan fingerprint density at radius 3 is 2.86 bits per heavy atom. The van der Waals surface area contributed by atoms with Gasteiger partial charge < -0.3 is 11.5 Å². The van der Waals surface area contributed by atoms with Crippen molar-refractivity contribution in [1.29, 1.82) is 0 Å². The van der Waals surface area contributed by atoms with Gasteiger partial charge in [-0.25, -0.2) is 0 Å². The minimum Gasteiger partial charge on any atom is -0.394 e. The molecule has 0 aromatic rings. The third-order valence-electron chi connectivity index (χ3n) is 1.72. The van der Waals surface area contributed by atoms with Gasteiger partial charge >= 0.3 is 0 Å². The van der Waals surface area contributed by atoms with Gasteiger partial charge in [0.05, 0.1) is 5.70 Å². The van der Waals surface area contributed by atoms with Crippen LogP contribution in [0.1, 0.15) is 6.42 Å². The zero-order chi connectivity index (χ0) is 10.6. The Hall–Kier alpha value is -1.48. The quantitative estimate of drug-likeness (QED) is 0.675. The second-order valence-electron chi connectivity index (χ2n) is 2.86. The number of primary amides is 1. The van der Waals surface area contributed by atoms with Crippen LogP contribution in [0, 0.1) is 0 Å². The molecule has 3 nitrogen and oxygen atoms in total. The van der Waals surface area contributed by atoms with Crippen molar-refractivity contribution in [1.82, 2.24) is 0 Å². The predicted octanol–water partition coefficient (Wildman–Crippen LogP) is 1.32. The van der Waals surface area contributed by atoms with Crippen LogP contribution in [0.5, 0.6) is 0 Å². The third kappa shape index (κ3) is 3.11. The van der Waals surface area contributed by atoms with E-state index in [4.69, 9.17) is 23.1 Å². The summed E-state index contributed by atoms with van der Waals surface area (Å²) >= 11 is 5.78. The molecule has 1 rings (SSSR count). The van der Waals surface area contributed by atoms with Crippen LogP contribution in [0.3, 0.4) is 0 Å². The monoisotopic (exact) mass is 210 g/mol. The molecule has 0 fully saturated rings. The predicted molar refractivity (Wildman–Crippen MR) is 57.2 cm³/mol. The first kappa shape index (κ1) is 10.6. The fourth-order valence-corrected chi connectivity index (χ4v) is 1.14. The number of hydrogen-bond donors (Lipinski definition) is 2. The fourth-order valence-electron chi connectivity index (χ4n) is 0.993. The summed E-state index contributed by atoms with van der Waals surface area (Å²) in [7, 11) is 0. The van der Waals surface area contributed by atoms with Crippen LogP contribution >= 0.6 is 11.6 Å². The summed E-state index contributed by atoms with van der Waals surface area (Å²) in [6, 6.07) is 0. The van der Waals surface area contributed by atoms with Crippen molar-refractivity contribution < 1.29 is 4.79 Å². The smallest absolute Gasteiger partial charge is 0.264 e. The van der Waals surface area contributed by atoms with E-state index in [0.29, 0.717) is 11.5 Å². The highest BCUT2D eigenvalue weighted by Gasteiger charge is 2.01. The van der Waals surface area contributed by atoms with E-state index in [1.807, 2.05) is 12.2 Å². The van der Waals surface area contributed by atoms with E-state index in [9.17, 15) is 4.79 Å². The van der Waals surface area contributed by atoms with E-state index >= 15 is 0 Å². The second kappa shape index (κ2) is 4.67. The molecule has 0 spiro atoms. The molecule has 4 N–H and O–H groups in total. The summed E-state index contributed by atoms with van der Waals surface area (Å²) in [6.45, 7) is 0. The van der Waals surface area contributed by atoms with Crippen molar-refractivity contribution in [2.75, 3.05) is 0 Å². The molecule has 1 amide bonds. The molecule has 0 saturated heterocycles. The zero-order valence-corrected chi connectivity index (χ0v) is 8.29. The van der Waals surface area contributed by atoms with E-state index in [1.165, 1.54) is 0 Å². The molecule has 0 saturated carbocycles. The normalized spacial score (nSPS) is 17.1. The van der Waals surface area contributed by atoms with Crippen molar-refractivity contribution in [3.63, 3.8) is 0 Å². The molecule has 1 aliphatic carbocycles. The Labute approximate surface area is 87.4 Å². The molecule has 1 aliphatic rings. The maximum Gasteiger partial charge on any atom is 0.264 e. The summed E-state index contributed by atoms with van der Waals surface area (Å²) in [5.74, 6) is -0.616. The number of hydrogen-bond acceptors (Lipinski definition) is 2. The molecule has 0 aromatic carbocycles. The first-order chi connectivity index (χ1) is 6.59. The summed E-state index contributed by atoms with van der Waals surface area (Å²) < 4.78 is 0. The van der Waals surface area contributed by atoms with Crippen LogP contribution in [0.15, 0.2) is 46.7 Å². The van der Waals surface area contributed by atoms with Gasteiger partial charge in [0.15, 0.2) is 0 Å². The largest absolute Gasteiger partial charge is 0.394 e. The average Bonchev–Trinajstić information content (AvgIpc) is 2.31. The molecular formula is C10H11ClN2O. The van der Waals surface area contributed by atoms with Gasteiger partial charge in [-0.3, -0.25) is 4.79 Å². The van der Waals surface area contributed by atoms with E-state index in [1.54, 1.807) is 18.2 Å². The molecule has 0 unspecified atom stereocenters. The van der Waals surface area contributed by atoms with E-state index in [-0.39, 0.29) is 5.70 Å². The van der Waals surface area contributed by atoms with Crippen LogP contribution in [0.25, 0.3) is 0 Å². The lowest BCUT2D eigenvalue weighted by molar-refractivity contribution is -0.114. The first-order valence-electron chi connectivity index (χ1n) is 4.09. The molecule has 0 aromatic heterocycles. The number of amides is 1. The summed E-state index contributed by atoms with van der Waals surface area (Å²) in [5.41, 5.74) is 11.3. The maximum atomic E-state index is 10.7. The standard InChI is InChI=1S/C10H11ClN2O/c11-8-3-1-2-7(4-5-8)6-9(12)10(13)14/h1-3,5-6H,4,12H2,(H2,13,14)/b9-6-. The first-order valence-corrected chi connectivity index (χ1v) is 4.47. The molecular weight excluding hydrogens is 200 g/mol. The van der Waals surface area contributed by atoms with E-state index in [0.717, 1.165) is 5.57 Å². The van der Waals surface area contributed by atoms with Crippen LogP contribution in [-0.4, -0.2) is 5.91 Å². The Kier molecular flexibility index (Phi) is 3.54. The van der Waals surface area contributed by atoms with Crippen molar-refractivity contribution in [3.05, 3.63) is 46.7 Å². The van der Waals surface area contributed by atoms with Crippen molar-refractivity contribution >= 4 is 17.5 Å². The lowest BCUT2D eigenvalue weighted by Crippen LogP contribution is -2.20. The van der Waals surface area contributed by atoms with Crippen molar-refractivity contribution in [2.24, 2.45) is 11.5 Å². The SMILES string of the molecule is NC(=O)/C(N)=C/C1=CC=CC(Cl)=CC1. The van der Waals surface area contributed by atoms with Crippen molar-refractivity contribution in [2.45, 2.75) is 6.42 Å². The zero-order valence-electron chi connectivity index (χ0n) is 7.53. The van der Waals surface area contributed by atoms with Crippen LogP contribution in [-0.2, 0) is 4.79 Å². The molecule has 74 valence electrons. The molecule has 0 heterocycles. The van der Waals surface area contributed by atoms with Gasteiger partial charge in [0.2, 0.25) is 0 Å². The summed E-state index contributed by atoms with van der Waals surface area (Å²) in [4.78, 5) is 10.7. The maximum absolute atomic E-state index is 10.7. The van der Waals surface area contributed by atoms with Crippen LogP contribution in [0.4, 0.5) is 0 Å². The Balaban J connectivity index is 2.82. The van der Waals surface area contributed by atoms with Gasteiger partial charge in [0, 0.05) is 5.03 Å². The minimum atomic E-state index is -0.616. The second-order valence-corrected chi connectivity index (χ2v) is 3.29. The van der Waals surface area contributed by atoms with Crippen LogP contribution in [0.2, 0.25) is 0 Å². The molecule has 4 heteroatoms. The topological polar surface area (TPSA) is 69.1 Å². The molecule has 14 heavy (non-hydrogen) atoms. The van der Waals surface area contributed by atoms with Gasteiger partial charge in [0.25, 0.3) is 5.91 Å². The number of carbonyl (C=O) groups excluding carboxylic acids is 1. The van der Waals surface area contributed by atoms with E-state index < -0.39 is 5.91 Å². The van der Waals surface area contributed by atoms with Gasteiger partial charge in [-0.15, -0.1) is 0 Å². The molecule has 0 radical (unpaired) electrons. The molecule has 0 atom stereocenters. The highest BCUT2D eigenvalue weighted by Crippen LogP contribution is 2.15. The number of carbonyl (C=O) groups is 1. The van der Waals surface area contributed by atoms with Gasteiger partial charge in [-0.2, -0.15) is 0 Å². The highest BCUT2D eigenvalue weighted by atomic mass is 35.5. The molecule has 0 aliphatic heterocycles. The Morgan fingerprint density at radius 1 is 1.50 bits per heavy atom. The van der Waals surface area contributed by atoms with Gasteiger partial charge in [-0.1, -0.05) is 29.8 Å². The highest BCUT2D eigenvalue weighted by molar-refractivity contribution is 6.31. The van der Waals surface area contributed by atoms with E-state index in [2.05, 4.69) is 0 Å². The average molecular weight is 211 g/mol. The summed E-state index contributed by atoms with van der Waals surface area (Å²) in [6.07, 6.45) is 9.43. The number of rotatable bonds is 2. The van der Waals surface area contributed by atoms with Gasteiger partial charge in [0.1, 0.15) is 0 Å². The Morgan fingerprint density at radius 2 is 2.21 bits per heavy atom.